The Bertz CT molecular complexity index is 181. The normalized spacial score (nSPS) is 12.5. The molecule has 0 aromatic rings. The lowest BCUT2D eigenvalue weighted by molar-refractivity contribution is -0.128. The SMILES string of the molecule is CCCCCC(C)NCCCC(=O)N(C)C. The molecule has 0 heterocycles. The van der Waals surface area contributed by atoms with E-state index in [1.165, 1.54) is 25.7 Å². The van der Waals surface area contributed by atoms with Gasteiger partial charge in [-0.2, -0.15) is 0 Å². The van der Waals surface area contributed by atoms with Crippen LogP contribution in [0.1, 0.15) is 52.4 Å². The Balaban J connectivity index is 3.33. The minimum atomic E-state index is 0.223. The van der Waals surface area contributed by atoms with Gasteiger partial charge in [-0.15, -0.1) is 0 Å². The number of rotatable bonds is 9. The minimum absolute atomic E-state index is 0.223. The second-order valence-corrected chi connectivity index (χ2v) is 4.74. The Morgan fingerprint density at radius 2 is 1.94 bits per heavy atom. The summed E-state index contributed by atoms with van der Waals surface area (Å²) < 4.78 is 0. The number of hydrogen-bond donors (Lipinski definition) is 1. The zero-order chi connectivity index (χ0) is 12.4. The molecule has 0 aliphatic rings. The Kier molecular flexibility index (Phi) is 9.30. The highest BCUT2D eigenvalue weighted by Crippen LogP contribution is 2.03. The third kappa shape index (κ3) is 8.72. The van der Waals surface area contributed by atoms with Crippen LogP contribution in [0.15, 0.2) is 0 Å². The topological polar surface area (TPSA) is 32.3 Å². The molecule has 0 aliphatic heterocycles. The van der Waals surface area contributed by atoms with Gasteiger partial charge in [-0.05, 0) is 26.3 Å². The molecule has 1 amide bonds. The summed E-state index contributed by atoms with van der Waals surface area (Å²) in [4.78, 5) is 13.0. The Hall–Kier alpha value is -0.570. The molecule has 0 bridgehead atoms. The smallest absolute Gasteiger partial charge is 0.222 e. The van der Waals surface area contributed by atoms with Gasteiger partial charge in [-0.3, -0.25) is 4.79 Å². The van der Waals surface area contributed by atoms with Gasteiger partial charge in [0, 0.05) is 26.6 Å². The lowest BCUT2D eigenvalue weighted by Gasteiger charge is -2.14. The molecule has 0 saturated heterocycles. The van der Waals surface area contributed by atoms with Gasteiger partial charge < -0.3 is 10.2 Å². The maximum Gasteiger partial charge on any atom is 0.222 e. The largest absolute Gasteiger partial charge is 0.349 e. The molecule has 3 nitrogen and oxygen atoms in total. The van der Waals surface area contributed by atoms with Gasteiger partial charge in [0.15, 0.2) is 0 Å². The van der Waals surface area contributed by atoms with E-state index in [4.69, 9.17) is 0 Å². The van der Waals surface area contributed by atoms with Crippen molar-refractivity contribution in [3.05, 3.63) is 0 Å². The fraction of sp³-hybridized carbons (Fsp3) is 0.923. The molecule has 3 heteroatoms. The van der Waals surface area contributed by atoms with Crippen molar-refractivity contribution in [1.82, 2.24) is 10.2 Å². The van der Waals surface area contributed by atoms with Gasteiger partial charge in [0.1, 0.15) is 0 Å². The van der Waals surface area contributed by atoms with Crippen LogP contribution < -0.4 is 5.32 Å². The Labute approximate surface area is 101 Å². The van der Waals surface area contributed by atoms with Gasteiger partial charge >= 0.3 is 0 Å². The van der Waals surface area contributed by atoms with E-state index in [-0.39, 0.29) is 5.91 Å². The summed E-state index contributed by atoms with van der Waals surface area (Å²) in [5.41, 5.74) is 0. The highest BCUT2D eigenvalue weighted by Gasteiger charge is 2.04. The van der Waals surface area contributed by atoms with Crippen molar-refractivity contribution >= 4 is 5.91 Å². The number of nitrogens with one attached hydrogen (secondary N) is 1. The molecule has 0 radical (unpaired) electrons. The second-order valence-electron chi connectivity index (χ2n) is 4.74. The summed E-state index contributed by atoms with van der Waals surface area (Å²) in [5.74, 6) is 0.223. The quantitative estimate of drug-likeness (QED) is 0.615. The summed E-state index contributed by atoms with van der Waals surface area (Å²) >= 11 is 0. The second kappa shape index (κ2) is 9.64. The van der Waals surface area contributed by atoms with E-state index in [1.54, 1.807) is 4.90 Å². The van der Waals surface area contributed by atoms with Gasteiger partial charge in [-0.25, -0.2) is 0 Å². The highest BCUT2D eigenvalue weighted by molar-refractivity contribution is 5.75. The van der Waals surface area contributed by atoms with E-state index < -0.39 is 0 Å². The third-order valence-electron chi connectivity index (χ3n) is 2.80. The summed E-state index contributed by atoms with van der Waals surface area (Å²) in [6.45, 7) is 5.40. The molecule has 0 aromatic heterocycles. The molecule has 16 heavy (non-hydrogen) atoms. The van der Waals surface area contributed by atoms with Gasteiger partial charge in [0.05, 0.1) is 0 Å². The molecule has 96 valence electrons. The van der Waals surface area contributed by atoms with Crippen molar-refractivity contribution in [2.45, 2.75) is 58.4 Å². The monoisotopic (exact) mass is 228 g/mol. The van der Waals surface area contributed by atoms with Crippen LogP contribution in [0, 0.1) is 0 Å². The molecular weight excluding hydrogens is 200 g/mol. The van der Waals surface area contributed by atoms with E-state index in [0.717, 1.165) is 13.0 Å². The van der Waals surface area contributed by atoms with Crippen molar-refractivity contribution in [3.63, 3.8) is 0 Å². The van der Waals surface area contributed by atoms with Gasteiger partial charge in [0.25, 0.3) is 0 Å². The summed E-state index contributed by atoms with van der Waals surface area (Å²) in [7, 11) is 3.62. The number of hydrogen-bond acceptors (Lipinski definition) is 2. The summed E-state index contributed by atoms with van der Waals surface area (Å²) in [6.07, 6.45) is 6.75. The van der Waals surface area contributed by atoms with Gasteiger partial charge in [-0.1, -0.05) is 26.2 Å². The van der Waals surface area contributed by atoms with Crippen LogP contribution in [0.2, 0.25) is 0 Å². The molecule has 0 saturated carbocycles. The molecule has 1 atom stereocenters. The fourth-order valence-electron chi connectivity index (χ4n) is 1.61. The van der Waals surface area contributed by atoms with Crippen molar-refractivity contribution in [2.24, 2.45) is 0 Å². The van der Waals surface area contributed by atoms with E-state index in [9.17, 15) is 4.79 Å². The first-order valence-electron chi connectivity index (χ1n) is 6.51. The molecular formula is C13H28N2O. The summed E-state index contributed by atoms with van der Waals surface area (Å²) in [6, 6.07) is 0.584. The van der Waals surface area contributed by atoms with E-state index in [1.807, 2.05) is 14.1 Å². The minimum Gasteiger partial charge on any atom is -0.349 e. The van der Waals surface area contributed by atoms with E-state index >= 15 is 0 Å². The molecule has 0 aromatic carbocycles. The summed E-state index contributed by atoms with van der Waals surface area (Å²) in [5, 5.41) is 3.47. The maximum atomic E-state index is 11.3. The fourth-order valence-corrected chi connectivity index (χ4v) is 1.61. The Morgan fingerprint density at radius 1 is 1.25 bits per heavy atom. The van der Waals surface area contributed by atoms with E-state index in [2.05, 4.69) is 19.2 Å². The molecule has 1 unspecified atom stereocenters. The molecule has 0 rings (SSSR count). The van der Waals surface area contributed by atoms with Crippen LogP contribution in [0.25, 0.3) is 0 Å². The molecule has 0 fully saturated rings. The maximum absolute atomic E-state index is 11.3. The van der Waals surface area contributed by atoms with Gasteiger partial charge in [0.2, 0.25) is 5.91 Å². The number of carbonyl (C=O) groups is 1. The number of carbonyl (C=O) groups excluding carboxylic acids is 1. The van der Waals surface area contributed by atoms with Crippen LogP contribution in [-0.2, 0) is 4.79 Å². The van der Waals surface area contributed by atoms with Crippen molar-refractivity contribution in [2.75, 3.05) is 20.6 Å². The van der Waals surface area contributed by atoms with Crippen LogP contribution in [0.3, 0.4) is 0 Å². The Morgan fingerprint density at radius 3 is 2.50 bits per heavy atom. The van der Waals surface area contributed by atoms with Crippen molar-refractivity contribution in [1.29, 1.82) is 0 Å². The zero-order valence-electron chi connectivity index (χ0n) is 11.4. The highest BCUT2D eigenvalue weighted by atomic mass is 16.2. The van der Waals surface area contributed by atoms with Crippen molar-refractivity contribution in [3.8, 4) is 0 Å². The number of amides is 1. The average molecular weight is 228 g/mol. The standard InChI is InChI=1S/C13H28N2O/c1-5-6-7-9-12(2)14-11-8-10-13(16)15(3)4/h12,14H,5-11H2,1-4H3. The molecule has 0 spiro atoms. The number of unbranched alkanes of at least 4 members (excludes halogenated alkanes) is 2. The van der Waals surface area contributed by atoms with E-state index in [0.29, 0.717) is 12.5 Å². The predicted octanol–water partition coefficient (Wildman–Crippen LogP) is 2.41. The van der Waals surface area contributed by atoms with Crippen LogP contribution >= 0.6 is 0 Å². The van der Waals surface area contributed by atoms with Crippen molar-refractivity contribution < 1.29 is 4.79 Å². The lowest BCUT2D eigenvalue weighted by atomic mass is 10.1. The first kappa shape index (κ1) is 15.4. The molecule has 0 aliphatic carbocycles. The molecule has 1 N–H and O–H groups in total. The third-order valence-corrected chi connectivity index (χ3v) is 2.80. The first-order valence-corrected chi connectivity index (χ1v) is 6.51. The van der Waals surface area contributed by atoms with Crippen LogP contribution in [0.5, 0.6) is 0 Å². The lowest BCUT2D eigenvalue weighted by Crippen LogP contribution is -2.28. The zero-order valence-corrected chi connectivity index (χ0v) is 11.4. The van der Waals surface area contributed by atoms with Crippen LogP contribution in [-0.4, -0.2) is 37.5 Å². The van der Waals surface area contributed by atoms with Crippen LogP contribution in [0.4, 0.5) is 0 Å². The first-order chi connectivity index (χ1) is 7.57. The predicted molar refractivity (Wildman–Crippen MR) is 69.5 cm³/mol. The average Bonchev–Trinajstić information content (AvgIpc) is 2.24. The number of nitrogens with zero attached hydrogens (tertiary/aromatic N) is 1.